The second-order valence-electron chi connectivity index (χ2n) is 7.64. The van der Waals surface area contributed by atoms with E-state index in [2.05, 4.69) is 36.2 Å². The van der Waals surface area contributed by atoms with Crippen molar-refractivity contribution < 1.29 is 9.53 Å². The van der Waals surface area contributed by atoms with Crippen LogP contribution in [0.5, 0.6) is 5.75 Å². The van der Waals surface area contributed by atoms with Gasteiger partial charge >= 0.3 is 0 Å². The van der Waals surface area contributed by atoms with Gasteiger partial charge in [0, 0.05) is 17.5 Å². The minimum atomic E-state index is 0.0943. The zero-order chi connectivity index (χ0) is 19.9. The van der Waals surface area contributed by atoms with Gasteiger partial charge in [-0.05, 0) is 80.7 Å². The molecule has 28 heavy (non-hydrogen) atoms. The molecule has 1 aliphatic rings. The summed E-state index contributed by atoms with van der Waals surface area (Å²) < 4.78 is 5.76. The minimum Gasteiger partial charge on any atom is -0.492 e. The molecular formula is C23H29ClN2O2. The summed E-state index contributed by atoms with van der Waals surface area (Å²) in [6, 6.07) is 14.1. The van der Waals surface area contributed by atoms with Crippen LogP contribution in [0.3, 0.4) is 0 Å². The van der Waals surface area contributed by atoms with Gasteiger partial charge < -0.3 is 10.1 Å². The molecule has 1 heterocycles. The second kappa shape index (κ2) is 9.94. The van der Waals surface area contributed by atoms with Crippen molar-refractivity contribution >= 4 is 17.5 Å². The topological polar surface area (TPSA) is 41.6 Å². The average molecular weight is 401 g/mol. The predicted octanol–water partition coefficient (Wildman–Crippen LogP) is 4.36. The summed E-state index contributed by atoms with van der Waals surface area (Å²) in [6.07, 6.45) is 1.79. The van der Waals surface area contributed by atoms with Gasteiger partial charge in [0.05, 0.1) is 6.54 Å². The van der Waals surface area contributed by atoms with Crippen LogP contribution < -0.4 is 10.1 Å². The highest BCUT2D eigenvalue weighted by Crippen LogP contribution is 2.20. The summed E-state index contributed by atoms with van der Waals surface area (Å²) in [5, 5.41) is 3.80. The summed E-state index contributed by atoms with van der Waals surface area (Å²) in [4.78, 5) is 14.8. The van der Waals surface area contributed by atoms with E-state index in [1.54, 1.807) is 0 Å². The molecule has 0 unspecified atom stereocenters. The number of carbonyl (C=O) groups is 1. The molecule has 1 N–H and O–H groups in total. The number of benzene rings is 2. The fraction of sp³-hybridized carbons (Fsp3) is 0.435. The number of aryl methyl sites for hydroxylation is 2. The van der Waals surface area contributed by atoms with Crippen molar-refractivity contribution in [2.45, 2.75) is 33.2 Å². The van der Waals surface area contributed by atoms with E-state index in [1.807, 2.05) is 30.3 Å². The van der Waals surface area contributed by atoms with Crippen molar-refractivity contribution in [3.8, 4) is 5.75 Å². The Balaban J connectivity index is 1.35. The van der Waals surface area contributed by atoms with Gasteiger partial charge in [0.25, 0.3) is 0 Å². The summed E-state index contributed by atoms with van der Waals surface area (Å²) in [6.45, 7) is 7.89. The monoisotopic (exact) mass is 400 g/mol. The fourth-order valence-electron chi connectivity index (χ4n) is 3.75. The van der Waals surface area contributed by atoms with E-state index >= 15 is 0 Å². The number of amides is 1. The van der Waals surface area contributed by atoms with E-state index in [0.29, 0.717) is 13.2 Å². The standard InChI is InChI=1S/C23H29ClN2O2/c1-17-12-18(2)14-22(13-17)28-11-8-25-23(27)20-6-9-26(10-7-20)16-19-4-3-5-21(24)15-19/h3-5,12-15,20H,6-11,16H2,1-2H3,(H,25,27). The summed E-state index contributed by atoms with van der Waals surface area (Å²) in [5.74, 6) is 1.10. The zero-order valence-electron chi connectivity index (χ0n) is 16.7. The van der Waals surface area contributed by atoms with Gasteiger partial charge in [-0.1, -0.05) is 29.8 Å². The maximum absolute atomic E-state index is 12.4. The quantitative estimate of drug-likeness (QED) is 0.702. The number of ether oxygens (including phenoxy) is 1. The molecule has 5 heteroatoms. The number of nitrogens with zero attached hydrogens (tertiary/aromatic N) is 1. The van der Waals surface area contributed by atoms with Crippen LogP contribution in [-0.4, -0.2) is 37.0 Å². The molecular weight excluding hydrogens is 372 g/mol. The van der Waals surface area contributed by atoms with Gasteiger partial charge in [-0.2, -0.15) is 0 Å². The van der Waals surface area contributed by atoms with E-state index in [-0.39, 0.29) is 11.8 Å². The minimum absolute atomic E-state index is 0.0943. The van der Waals surface area contributed by atoms with Gasteiger partial charge in [0.1, 0.15) is 12.4 Å². The molecule has 2 aromatic rings. The first-order valence-corrected chi connectivity index (χ1v) is 10.3. The number of piperidine rings is 1. The molecule has 0 radical (unpaired) electrons. The highest BCUT2D eigenvalue weighted by atomic mass is 35.5. The molecule has 0 spiro atoms. The Morgan fingerprint density at radius 3 is 2.54 bits per heavy atom. The number of carbonyl (C=O) groups excluding carboxylic acids is 1. The number of halogens is 1. The largest absolute Gasteiger partial charge is 0.492 e. The first-order valence-electron chi connectivity index (χ1n) is 9.95. The zero-order valence-corrected chi connectivity index (χ0v) is 17.5. The van der Waals surface area contributed by atoms with Gasteiger partial charge in [-0.25, -0.2) is 0 Å². The third-order valence-corrected chi connectivity index (χ3v) is 5.35. The third kappa shape index (κ3) is 6.25. The summed E-state index contributed by atoms with van der Waals surface area (Å²) >= 11 is 6.06. The molecule has 0 aliphatic carbocycles. The number of hydrogen-bond acceptors (Lipinski definition) is 3. The molecule has 0 aromatic heterocycles. The van der Waals surface area contributed by atoms with Crippen molar-refractivity contribution in [3.63, 3.8) is 0 Å². The smallest absolute Gasteiger partial charge is 0.223 e. The summed E-state index contributed by atoms with van der Waals surface area (Å²) in [7, 11) is 0. The molecule has 0 atom stereocenters. The van der Waals surface area contributed by atoms with Crippen LogP contribution in [0.2, 0.25) is 5.02 Å². The van der Waals surface area contributed by atoms with Crippen molar-refractivity contribution in [1.82, 2.24) is 10.2 Å². The maximum atomic E-state index is 12.4. The predicted molar refractivity (Wildman–Crippen MR) is 114 cm³/mol. The molecule has 1 amide bonds. The van der Waals surface area contributed by atoms with Crippen molar-refractivity contribution in [3.05, 3.63) is 64.2 Å². The van der Waals surface area contributed by atoms with Crippen LogP contribution in [-0.2, 0) is 11.3 Å². The van der Waals surface area contributed by atoms with E-state index in [9.17, 15) is 4.79 Å². The molecule has 3 rings (SSSR count). The van der Waals surface area contributed by atoms with Crippen molar-refractivity contribution in [1.29, 1.82) is 0 Å². The summed E-state index contributed by atoms with van der Waals surface area (Å²) in [5.41, 5.74) is 3.59. The molecule has 0 saturated carbocycles. The van der Waals surface area contributed by atoms with Gasteiger partial charge in [0.15, 0.2) is 0 Å². The fourth-order valence-corrected chi connectivity index (χ4v) is 3.96. The van der Waals surface area contributed by atoms with Gasteiger partial charge in [-0.15, -0.1) is 0 Å². The van der Waals surface area contributed by atoms with Crippen LogP contribution in [0.1, 0.15) is 29.5 Å². The second-order valence-corrected chi connectivity index (χ2v) is 8.08. The normalized spacial score (nSPS) is 15.4. The third-order valence-electron chi connectivity index (χ3n) is 5.12. The Hall–Kier alpha value is -2.04. The first kappa shape index (κ1) is 20.7. The SMILES string of the molecule is Cc1cc(C)cc(OCCNC(=O)C2CCN(Cc3cccc(Cl)c3)CC2)c1. The van der Waals surface area contributed by atoms with E-state index in [1.165, 1.54) is 16.7 Å². The van der Waals surface area contributed by atoms with Crippen LogP contribution in [0.15, 0.2) is 42.5 Å². The number of rotatable bonds is 7. The Morgan fingerprint density at radius 1 is 1.14 bits per heavy atom. The lowest BCUT2D eigenvalue weighted by Crippen LogP contribution is -2.41. The van der Waals surface area contributed by atoms with E-state index < -0.39 is 0 Å². The molecule has 1 saturated heterocycles. The van der Waals surface area contributed by atoms with Crippen LogP contribution in [0, 0.1) is 19.8 Å². The molecule has 0 bridgehead atoms. The maximum Gasteiger partial charge on any atom is 0.223 e. The van der Waals surface area contributed by atoms with Crippen LogP contribution in [0.4, 0.5) is 0 Å². The van der Waals surface area contributed by atoms with E-state index in [4.69, 9.17) is 16.3 Å². The lowest BCUT2D eigenvalue weighted by molar-refractivity contribution is -0.126. The Morgan fingerprint density at radius 2 is 1.86 bits per heavy atom. The van der Waals surface area contributed by atoms with Crippen molar-refractivity contribution in [2.24, 2.45) is 5.92 Å². The Bertz CT molecular complexity index is 781. The average Bonchev–Trinajstić information content (AvgIpc) is 2.65. The van der Waals surface area contributed by atoms with Crippen molar-refractivity contribution in [2.75, 3.05) is 26.2 Å². The lowest BCUT2D eigenvalue weighted by Gasteiger charge is -2.31. The van der Waals surface area contributed by atoms with Gasteiger partial charge in [-0.3, -0.25) is 9.69 Å². The highest BCUT2D eigenvalue weighted by molar-refractivity contribution is 6.30. The van der Waals surface area contributed by atoms with E-state index in [0.717, 1.165) is 43.2 Å². The molecule has 150 valence electrons. The molecule has 2 aromatic carbocycles. The van der Waals surface area contributed by atoms with Gasteiger partial charge in [0.2, 0.25) is 5.91 Å². The molecule has 1 fully saturated rings. The lowest BCUT2D eigenvalue weighted by atomic mass is 9.95. The number of hydrogen-bond donors (Lipinski definition) is 1. The number of nitrogens with one attached hydrogen (secondary N) is 1. The van der Waals surface area contributed by atoms with Crippen LogP contribution >= 0.6 is 11.6 Å². The number of likely N-dealkylation sites (tertiary alicyclic amines) is 1. The Labute approximate surface area is 172 Å². The molecule has 1 aliphatic heterocycles. The first-order chi connectivity index (χ1) is 13.5. The highest BCUT2D eigenvalue weighted by Gasteiger charge is 2.24. The van der Waals surface area contributed by atoms with Crippen LogP contribution in [0.25, 0.3) is 0 Å². The Kier molecular flexibility index (Phi) is 7.35. The molecule has 4 nitrogen and oxygen atoms in total.